The average Bonchev–Trinajstić information content (AvgIpc) is 3.26. The summed E-state index contributed by atoms with van der Waals surface area (Å²) in [6.07, 6.45) is 4.92. The summed E-state index contributed by atoms with van der Waals surface area (Å²) in [6.45, 7) is 2.14. The average molecular weight is 437 g/mol. The first-order valence-electron chi connectivity index (χ1n) is 10.7. The molecule has 0 aliphatic rings. The minimum absolute atomic E-state index is 0.102. The SMILES string of the molecule is CCCCCCC(=O)NC(Cc1ccccc1)C(=O)Nc1nnc(-c2ccccc2)s1. The first-order chi connectivity index (χ1) is 15.2. The van der Waals surface area contributed by atoms with E-state index in [1.54, 1.807) is 0 Å². The molecule has 1 heterocycles. The molecule has 0 saturated carbocycles. The van der Waals surface area contributed by atoms with E-state index >= 15 is 0 Å². The van der Waals surface area contributed by atoms with Crippen LogP contribution in [0.15, 0.2) is 60.7 Å². The summed E-state index contributed by atoms with van der Waals surface area (Å²) in [5.74, 6) is -0.393. The summed E-state index contributed by atoms with van der Waals surface area (Å²) >= 11 is 1.31. The molecule has 0 fully saturated rings. The van der Waals surface area contributed by atoms with E-state index in [9.17, 15) is 9.59 Å². The van der Waals surface area contributed by atoms with Gasteiger partial charge in [0.05, 0.1) is 0 Å². The van der Waals surface area contributed by atoms with Crippen molar-refractivity contribution in [1.82, 2.24) is 15.5 Å². The molecule has 0 aliphatic heterocycles. The van der Waals surface area contributed by atoms with E-state index in [1.165, 1.54) is 11.3 Å². The zero-order valence-corrected chi connectivity index (χ0v) is 18.5. The van der Waals surface area contributed by atoms with Crippen LogP contribution in [0.4, 0.5) is 5.13 Å². The molecule has 1 atom stereocenters. The third-order valence-electron chi connectivity index (χ3n) is 4.87. The van der Waals surface area contributed by atoms with Crippen LogP contribution < -0.4 is 10.6 Å². The van der Waals surface area contributed by atoms with Crippen LogP contribution in [-0.2, 0) is 16.0 Å². The number of aromatic nitrogens is 2. The van der Waals surface area contributed by atoms with E-state index in [2.05, 4.69) is 27.8 Å². The molecule has 3 rings (SSSR count). The highest BCUT2D eigenvalue weighted by Crippen LogP contribution is 2.26. The minimum Gasteiger partial charge on any atom is -0.344 e. The lowest BCUT2D eigenvalue weighted by Crippen LogP contribution is -2.45. The highest BCUT2D eigenvalue weighted by Gasteiger charge is 2.22. The minimum atomic E-state index is -0.676. The van der Waals surface area contributed by atoms with Gasteiger partial charge in [0.25, 0.3) is 0 Å². The van der Waals surface area contributed by atoms with Crippen LogP contribution in [0.1, 0.15) is 44.6 Å². The van der Waals surface area contributed by atoms with Crippen LogP contribution in [0.2, 0.25) is 0 Å². The Kier molecular flexibility index (Phi) is 8.72. The molecule has 2 amide bonds. The van der Waals surface area contributed by atoms with Gasteiger partial charge in [0, 0.05) is 18.4 Å². The number of anilines is 1. The monoisotopic (exact) mass is 436 g/mol. The number of carbonyl (C=O) groups is 2. The van der Waals surface area contributed by atoms with Gasteiger partial charge < -0.3 is 5.32 Å². The Morgan fingerprint density at radius 1 is 0.935 bits per heavy atom. The fourth-order valence-electron chi connectivity index (χ4n) is 3.20. The maximum Gasteiger partial charge on any atom is 0.249 e. The Labute approximate surface area is 187 Å². The topological polar surface area (TPSA) is 84.0 Å². The number of benzene rings is 2. The van der Waals surface area contributed by atoms with Crippen molar-refractivity contribution in [3.63, 3.8) is 0 Å². The Morgan fingerprint density at radius 3 is 2.35 bits per heavy atom. The normalized spacial score (nSPS) is 11.6. The third kappa shape index (κ3) is 7.29. The highest BCUT2D eigenvalue weighted by molar-refractivity contribution is 7.18. The summed E-state index contributed by atoms with van der Waals surface area (Å²) in [5, 5.41) is 15.1. The van der Waals surface area contributed by atoms with E-state index < -0.39 is 6.04 Å². The first kappa shape index (κ1) is 22.6. The molecule has 0 bridgehead atoms. The number of hydrogen-bond acceptors (Lipinski definition) is 5. The summed E-state index contributed by atoms with van der Waals surface area (Å²) in [5.41, 5.74) is 1.93. The lowest BCUT2D eigenvalue weighted by Gasteiger charge is -2.18. The number of rotatable bonds is 11. The highest BCUT2D eigenvalue weighted by atomic mass is 32.1. The van der Waals surface area contributed by atoms with Crippen LogP contribution in [0.25, 0.3) is 10.6 Å². The van der Waals surface area contributed by atoms with Crippen molar-refractivity contribution in [2.24, 2.45) is 0 Å². The van der Waals surface area contributed by atoms with Crippen molar-refractivity contribution >= 4 is 28.3 Å². The number of hydrogen-bond donors (Lipinski definition) is 2. The molecule has 6 nitrogen and oxygen atoms in total. The molecule has 0 radical (unpaired) electrons. The second-order valence-electron chi connectivity index (χ2n) is 7.39. The molecule has 31 heavy (non-hydrogen) atoms. The molecule has 3 aromatic rings. The standard InChI is InChI=1S/C24H28N4O2S/c1-2-3-4-11-16-21(29)25-20(17-18-12-7-5-8-13-18)22(30)26-24-28-27-23(31-24)19-14-9-6-10-15-19/h5-10,12-15,20H,2-4,11,16-17H2,1H3,(H,25,29)(H,26,28,30). The van der Waals surface area contributed by atoms with Gasteiger partial charge in [-0.05, 0) is 12.0 Å². The molecule has 1 unspecified atom stereocenters. The fourth-order valence-corrected chi connectivity index (χ4v) is 3.95. The molecule has 1 aromatic heterocycles. The number of nitrogens with one attached hydrogen (secondary N) is 2. The summed E-state index contributed by atoms with van der Waals surface area (Å²) < 4.78 is 0. The Balaban J connectivity index is 1.65. The van der Waals surface area contributed by atoms with Crippen molar-refractivity contribution in [3.8, 4) is 10.6 Å². The molecule has 2 N–H and O–H groups in total. The van der Waals surface area contributed by atoms with Gasteiger partial charge in [-0.25, -0.2) is 0 Å². The van der Waals surface area contributed by atoms with Crippen LogP contribution in [-0.4, -0.2) is 28.1 Å². The van der Waals surface area contributed by atoms with Gasteiger partial charge in [0.15, 0.2) is 0 Å². The largest absolute Gasteiger partial charge is 0.344 e. The molecule has 2 aromatic carbocycles. The van der Waals surface area contributed by atoms with E-state index in [0.29, 0.717) is 18.0 Å². The predicted molar refractivity (Wildman–Crippen MR) is 125 cm³/mol. The molecule has 7 heteroatoms. The van der Waals surface area contributed by atoms with E-state index in [4.69, 9.17) is 0 Å². The predicted octanol–water partition coefficient (Wildman–Crippen LogP) is 4.84. The third-order valence-corrected chi connectivity index (χ3v) is 5.76. The van der Waals surface area contributed by atoms with Crippen LogP contribution >= 0.6 is 11.3 Å². The lowest BCUT2D eigenvalue weighted by atomic mass is 10.0. The van der Waals surface area contributed by atoms with Crippen molar-refractivity contribution in [3.05, 3.63) is 66.2 Å². The molecule has 0 aliphatic carbocycles. The quantitative estimate of drug-likeness (QED) is 0.421. The van der Waals surface area contributed by atoms with Crippen molar-refractivity contribution in [1.29, 1.82) is 0 Å². The molecular formula is C24H28N4O2S. The second-order valence-corrected chi connectivity index (χ2v) is 8.37. The Bertz CT molecular complexity index is 960. The zero-order chi connectivity index (χ0) is 21.9. The molecule has 0 saturated heterocycles. The lowest BCUT2D eigenvalue weighted by molar-refractivity contribution is -0.126. The van der Waals surface area contributed by atoms with Gasteiger partial charge in [-0.1, -0.05) is 98.2 Å². The van der Waals surface area contributed by atoms with Gasteiger partial charge in [-0.15, -0.1) is 10.2 Å². The van der Waals surface area contributed by atoms with E-state index in [0.717, 1.165) is 41.8 Å². The summed E-state index contributed by atoms with van der Waals surface area (Å²) in [6, 6.07) is 18.7. The van der Waals surface area contributed by atoms with Crippen molar-refractivity contribution < 1.29 is 9.59 Å². The van der Waals surface area contributed by atoms with Gasteiger partial charge >= 0.3 is 0 Å². The summed E-state index contributed by atoms with van der Waals surface area (Å²) in [7, 11) is 0. The molecule has 162 valence electrons. The Hall–Kier alpha value is -3.06. The number of amides is 2. The van der Waals surface area contributed by atoms with Gasteiger partial charge in [-0.3, -0.25) is 14.9 Å². The van der Waals surface area contributed by atoms with Crippen molar-refractivity contribution in [2.45, 2.75) is 51.5 Å². The van der Waals surface area contributed by atoms with Gasteiger partial charge in [0.1, 0.15) is 11.0 Å². The Morgan fingerprint density at radius 2 is 1.65 bits per heavy atom. The zero-order valence-electron chi connectivity index (χ0n) is 17.7. The fraction of sp³-hybridized carbons (Fsp3) is 0.333. The van der Waals surface area contributed by atoms with Gasteiger partial charge in [0.2, 0.25) is 16.9 Å². The van der Waals surface area contributed by atoms with Crippen LogP contribution in [0.5, 0.6) is 0 Å². The first-order valence-corrected chi connectivity index (χ1v) is 11.5. The summed E-state index contributed by atoms with van der Waals surface area (Å²) in [4.78, 5) is 25.4. The maximum atomic E-state index is 13.0. The van der Waals surface area contributed by atoms with Crippen LogP contribution in [0, 0.1) is 0 Å². The number of nitrogens with zero attached hydrogens (tertiary/aromatic N) is 2. The molecular weight excluding hydrogens is 408 g/mol. The van der Waals surface area contributed by atoms with Crippen molar-refractivity contribution in [2.75, 3.05) is 5.32 Å². The molecule has 0 spiro atoms. The number of unbranched alkanes of at least 4 members (excludes halogenated alkanes) is 3. The van der Waals surface area contributed by atoms with E-state index in [1.807, 2.05) is 60.7 Å². The smallest absolute Gasteiger partial charge is 0.249 e. The second kappa shape index (κ2) is 12.0. The number of carbonyl (C=O) groups excluding carboxylic acids is 2. The van der Waals surface area contributed by atoms with Gasteiger partial charge in [-0.2, -0.15) is 0 Å². The van der Waals surface area contributed by atoms with Crippen LogP contribution in [0.3, 0.4) is 0 Å². The van der Waals surface area contributed by atoms with E-state index in [-0.39, 0.29) is 11.8 Å². The maximum absolute atomic E-state index is 13.0.